The van der Waals surface area contributed by atoms with E-state index in [0.29, 0.717) is 37.7 Å². The molecule has 2 aromatic rings. The van der Waals surface area contributed by atoms with Gasteiger partial charge in [-0.25, -0.2) is 0 Å². The molecule has 1 heterocycles. The summed E-state index contributed by atoms with van der Waals surface area (Å²) in [6, 6.07) is 13.7. The zero-order valence-corrected chi connectivity index (χ0v) is 14.3. The highest BCUT2D eigenvalue weighted by molar-refractivity contribution is 5.85. The summed E-state index contributed by atoms with van der Waals surface area (Å²) in [5.41, 5.74) is 0.206. The summed E-state index contributed by atoms with van der Waals surface area (Å²) < 4.78 is 46.6. The van der Waals surface area contributed by atoms with Crippen molar-refractivity contribution in [2.45, 2.75) is 12.2 Å². The first-order valence-electron chi connectivity index (χ1n) is 7.88. The van der Waals surface area contributed by atoms with Crippen LogP contribution in [-0.2, 0) is 0 Å². The fourth-order valence-corrected chi connectivity index (χ4v) is 2.92. The van der Waals surface area contributed by atoms with Gasteiger partial charge in [0.15, 0.2) is 0 Å². The molecular weight excluding hydrogens is 353 g/mol. The Morgan fingerprint density at radius 1 is 0.920 bits per heavy atom. The van der Waals surface area contributed by atoms with Crippen LogP contribution >= 0.6 is 12.4 Å². The molecular formula is C18H20ClF3N2O. The van der Waals surface area contributed by atoms with Gasteiger partial charge in [0.25, 0.3) is 0 Å². The van der Waals surface area contributed by atoms with Crippen LogP contribution in [0.15, 0.2) is 54.6 Å². The van der Waals surface area contributed by atoms with Crippen molar-refractivity contribution in [1.82, 2.24) is 10.2 Å². The molecule has 0 unspecified atom stereocenters. The zero-order chi connectivity index (χ0) is 17.0. The van der Waals surface area contributed by atoms with Gasteiger partial charge in [0.05, 0.1) is 0 Å². The van der Waals surface area contributed by atoms with Gasteiger partial charge in [-0.3, -0.25) is 4.90 Å². The van der Waals surface area contributed by atoms with Crippen LogP contribution in [0.1, 0.15) is 11.6 Å². The number of hydrogen-bond acceptors (Lipinski definition) is 3. The van der Waals surface area contributed by atoms with Gasteiger partial charge in [-0.1, -0.05) is 30.3 Å². The van der Waals surface area contributed by atoms with E-state index in [1.165, 1.54) is 17.0 Å². The molecule has 0 amide bonds. The lowest BCUT2D eigenvalue weighted by Crippen LogP contribution is -2.49. The standard InChI is InChI=1S/C18H19F3N2O.ClH/c19-18(20,21)17(23-11-9-22-10-12-23)14-5-4-8-16(13-14)24-15-6-2-1-3-7-15;/h1-8,13,17,22H,9-12H2;1H/t17-;/m1./s1. The SMILES string of the molecule is Cl.FC(F)(F)[C@@H](c1cccc(Oc2ccccc2)c1)N1CCNCC1. The summed E-state index contributed by atoms with van der Waals surface area (Å²) in [5, 5.41) is 3.08. The average Bonchev–Trinajstić information content (AvgIpc) is 2.56. The van der Waals surface area contributed by atoms with E-state index in [-0.39, 0.29) is 18.0 Å². The largest absolute Gasteiger partial charge is 0.457 e. The van der Waals surface area contributed by atoms with Crippen LogP contribution in [0.2, 0.25) is 0 Å². The maximum absolute atomic E-state index is 13.6. The Morgan fingerprint density at radius 3 is 2.20 bits per heavy atom. The number of nitrogens with zero attached hydrogens (tertiary/aromatic N) is 1. The van der Waals surface area contributed by atoms with Gasteiger partial charge in [0, 0.05) is 26.2 Å². The molecule has 25 heavy (non-hydrogen) atoms. The topological polar surface area (TPSA) is 24.5 Å². The van der Waals surface area contributed by atoms with Crippen molar-refractivity contribution in [3.8, 4) is 11.5 Å². The molecule has 3 rings (SSSR count). The highest BCUT2D eigenvalue weighted by Gasteiger charge is 2.44. The van der Waals surface area contributed by atoms with E-state index < -0.39 is 12.2 Å². The molecule has 1 aliphatic heterocycles. The van der Waals surface area contributed by atoms with Crippen molar-refractivity contribution in [1.29, 1.82) is 0 Å². The Labute approximate surface area is 151 Å². The van der Waals surface area contributed by atoms with E-state index in [1.54, 1.807) is 24.3 Å². The third-order valence-corrected chi connectivity index (χ3v) is 3.98. The quantitative estimate of drug-likeness (QED) is 0.860. The Morgan fingerprint density at radius 2 is 1.56 bits per heavy atom. The minimum Gasteiger partial charge on any atom is -0.457 e. The van der Waals surface area contributed by atoms with Gasteiger partial charge in [-0.05, 0) is 29.8 Å². The van der Waals surface area contributed by atoms with E-state index in [9.17, 15) is 13.2 Å². The van der Waals surface area contributed by atoms with Gasteiger partial charge in [0.2, 0.25) is 0 Å². The maximum atomic E-state index is 13.6. The zero-order valence-electron chi connectivity index (χ0n) is 13.5. The van der Waals surface area contributed by atoms with Crippen molar-refractivity contribution in [3.05, 3.63) is 60.2 Å². The van der Waals surface area contributed by atoms with E-state index in [4.69, 9.17) is 4.74 Å². The van der Waals surface area contributed by atoms with E-state index in [1.807, 2.05) is 18.2 Å². The lowest BCUT2D eigenvalue weighted by molar-refractivity contribution is -0.187. The maximum Gasteiger partial charge on any atom is 0.408 e. The Kier molecular flexibility index (Phi) is 6.70. The second-order valence-electron chi connectivity index (χ2n) is 5.72. The molecule has 0 bridgehead atoms. The van der Waals surface area contributed by atoms with Gasteiger partial charge in [-0.2, -0.15) is 13.2 Å². The minimum atomic E-state index is -4.33. The molecule has 2 aromatic carbocycles. The van der Waals surface area contributed by atoms with E-state index in [2.05, 4.69) is 5.32 Å². The summed E-state index contributed by atoms with van der Waals surface area (Å²) in [7, 11) is 0. The summed E-state index contributed by atoms with van der Waals surface area (Å²) in [4.78, 5) is 1.47. The molecule has 0 saturated carbocycles. The van der Waals surface area contributed by atoms with Crippen LogP contribution in [0.5, 0.6) is 11.5 Å². The molecule has 0 spiro atoms. The van der Waals surface area contributed by atoms with E-state index >= 15 is 0 Å². The molecule has 1 N–H and O–H groups in total. The molecule has 0 aromatic heterocycles. The predicted octanol–water partition coefficient (Wildman–Crippen LogP) is 4.41. The fraction of sp³-hybridized carbons (Fsp3) is 0.333. The molecule has 1 fully saturated rings. The second-order valence-corrected chi connectivity index (χ2v) is 5.72. The Hall–Kier alpha value is -1.76. The molecule has 3 nitrogen and oxygen atoms in total. The van der Waals surface area contributed by atoms with Crippen LogP contribution in [-0.4, -0.2) is 37.3 Å². The van der Waals surface area contributed by atoms with Crippen LogP contribution < -0.4 is 10.1 Å². The van der Waals surface area contributed by atoms with Crippen molar-refractivity contribution >= 4 is 12.4 Å². The van der Waals surface area contributed by atoms with Gasteiger partial charge >= 0.3 is 6.18 Å². The van der Waals surface area contributed by atoms with Crippen LogP contribution in [0.25, 0.3) is 0 Å². The number of hydrogen-bond donors (Lipinski definition) is 1. The first-order chi connectivity index (χ1) is 11.5. The highest BCUT2D eigenvalue weighted by Crippen LogP contribution is 2.39. The van der Waals surface area contributed by atoms with Gasteiger partial charge < -0.3 is 10.1 Å². The first kappa shape index (κ1) is 19.6. The molecule has 1 atom stereocenters. The predicted molar refractivity (Wildman–Crippen MR) is 93.4 cm³/mol. The van der Waals surface area contributed by atoms with Crippen molar-refractivity contribution < 1.29 is 17.9 Å². The minimum absolute atomic E-state index is 0. The number of alkyl halides is 3. The summed E-state index contributed by atoms with van der Waals surface area (Å²) in [6.45, 7) is 1.86. The number of halogens is 4. The molecule has 0 radical (unpaired) electrons. The molecule has 7 heteroatoms. The highest BCUT2D eigenvalue weighted by atomic mass is 35.5. The summed E-state index contributed by atoms with van der Waals surface area (Å²) in [5.74, 6) is 1.00. The number of ether oxygens (including phenoxy) is 1. The van der Waals surface area contributed by atoms with Crippen LogP contribution in [0, 0.1) is 0 Å². The lowest BCUT2D eigenvalue weighted by Gasteiger charge is -2.36. The Balaban J connectivity index is 0.00000225. The number of piperazine rings is 1. The van der Waals surface area contributed by atoms with Gasteiger partial charge in [0.1, 0.15) is 17.5 Å². The average molecular weight is 373 g/mol. The normalized spacial score (nSPS) is 16.8. The van der Waals surface area contributed by atoms with Gasteiger partial charge in [-0.15, -0.1) is 12.4 Å². The molecule has 1 saturated heterocycles. The molecule has 136 valence electrons. The number of para-hydroxylation sites is 1. The van der Waals surface area contributed by atoms with Crippen molar-refractivity contribution in [2.24, 2.45) is 0 Å². The van der Waals surface area contributed by atoms with Crippen molar-refractivity contribution in [2.75, 3.05) is 26.2 Å². The number of nitrogens with one attached hydrogen (secondary N) is 1. The lowest BCUT2D eigenvalue weighted by atomic mass is 10.0. The fourth-order valence-electron chi connectivity index (χ4n) is 2.92. The molecule has 0 aliphatic carbocycles. The van der Waals surface area contributed by atoms with E-state index in [0.717, 1.165) is 0 Å². The number of benzene rings is 2. The number of rotatable bonds is 4. The summed E-state index contributed by atoms with van der Waals surface area (Å²) in [6.07, 6.45) is -4.33. The molecule has 1 aliphatic rings. The smallest absolute Gasteiger partial charge is 0.408 e. The third-order valence-electron chi connectivity index (χ3n) is 3.98. The summed E-state index contributed by atoms with van der Waals surface area (Å²) >= 11 is 0. The second kappa shape index (κ2) is 8.56. The van der Waals surface area contributed by atoms with Crippen LogP contribution in [0.4, 0.5) is 13.2 Å². The first-order valence-corrected chi connectivity index (χ1v) is 7.88. The van der Waals surface area contributed by atoms with Crippen molar-refractivity contribution in [3.63, 3.8) is 0 Å². The third kappa shape index (κ3) is 5.11. The monoisotopic (exact) mass is 372 g/mol. The Bertz CT molecular complexity index is 661. The van der Waals surface area contributed by atoms with Crippen LogP contribution in [0.3, 0.4) is 0 Å².